The average molecular weight is 369 g/mol. The SMILES string of the molecule is CC1CC2(O)[C@H]3Cc4ccc(O)c5c4[C@@]2(CCN3CC2CCC2)[C@@H](O5)C1=O. The van der Waals surface area contributed by atoms with Crippen molar-refractivity contribution in [2.24, 2.45) is 11.8 Å². The molecule has 0 amide bonds. The van der Waals surface area contributed by atoms with E-state index in [-0.39, 0.29) is 23.5 Å². The zero-order valence-corrected chi connectivity index (χ0v) is 15.8. The van der Waals surface area contributed by atoms with Crippen molar-refractivity contribution in [1.29, 1.82) is 0 Å². The number of carbonyl (C=O) groups is 1. The lowest BCUT2D eigenvalue weighted by Crippen LogP contribution is -2.77. The molecular weight excluding hydrogens is 342 g/mol. The van der Waals surface area contributed by atoms with Crippen molar-refractivity contribution in [3.05, 3.63) is 23.3 Å². The Labute approximate surface area is 159 Å². The van der Waals surface area contributed by atoms with Crippen LogP contribution in [0.5, 0.6) is 11.5 Å². The van der Waals surface area contributed by atoms with Gasteiger partial charge in [-0.05, 0) is 56.2 Å². The number of ether oxygens (including phenoxy) is 1. The predicted molar refractivity (Wildman–Crippen MR) is 99.0 cm³/mol. The minimum atomic E-state index is -0.973. The maximum absolute atomic E-state index is 13.1. The Balaban J connectivity index is 1.54. The summed E-state index contributed by atoms with van der Waals surface area (Å²) in [7, 11) is 0. The van der Waals surface area contributed by atoms with Gasteiger partial charge in [-0.1, -0.05) is 19.4 Å². The number of phenolic OH excluding ortho intramolecular Hbond substituents is 1. The Morgan fingerprint density at radius 2 is 2.15 bits per heavy atom. The molecule has 2 aliphatic heterocycles. The first-order valence-electron chi connectivity index (χ1n) is 10.5. The number of ketones is 1. The van der Waals surface area contributed by atoms with Crippen LogP contribution in [-0.2, 0) is 16.6 Å². The van der Waals surface area contributed by atoms with E-state index < -0.39 is 17.1 Å². The number of nitrogens with zero attached hydrogens (tertiary/aromatic N) is 1. The van der Waals surface area contributed by atoms with E-state index in [4.69, 9.17) is 4.74 Å². The molecule has 1 aromatic rings. The summed E-state index contributed by atoms with van der Waals surface area (Å²) in [5, 5.41) is 22.6. The second-order valence-electron chi connectivity index (χ2n) is 9.61. The second kappa shape index (κ2) is 5.06. The van der Waals surface area contributed by atoms with Crippen molar-refractivity contribution in [2.45, 2.75) is 68.6 Å². The van der Waals surface area contributed by atoms with Gasteiger partial charge in [0.05, 0.1) is 11.0 Å². The fraction of sp³-hybridized carbons (Fsp3) is 0.682. The molecule has 0 aromatic heterocycles. The van der Waals surface area contributed by atoms with Gasteiger partial charge in [-0.15, -0.1) is 0 Å². The van der Waals surface area contributed by atoms with Crippen LogP contribution in [0.15, 0.2) is 12.1 Å². The number of phenols is 1. The van der Waals surface area contributed by atoms with Crippen LogP contribution in [0.25, 0.3) is 0 Å². The lowest BCUT2D eigenvalue weighted by Gasteiger charge is -2.63. The second-order valence-corrected chi connectivity index (χ2v) is 9.61. The summed E-state index contributed by atoms with van der Waals surface area (Å²) in [5.41, 5.74) is 0.397. The van der Waals surface area contributed by atoms with Gasteiger partial charge in [-0.3, -0.25) is 9.69 Å². The molecule has 5 heteroatoms. The number of hydrogen-bond acceptors (Lipinski definition) is 5. The van der Waals surface area contributed by atoms with Crippen LogP contribution in [-0.4, -0.2) is 51.7 Å². The van der Waals surface area contributed by atoms with E-state index in [1.54, 1.807) is 6.07 Å². The van der Waals surface area contributed by atoms with Gasteiger partial charge in [-0.25, -0.2) is 0 Å². The number of rotatable bonds is 2. The van der Waals surface area contributed by atoms with Crippen molar-refractivity contribution in [3.8, 4) is 11.5 Å². The van der Waals surface area contributed by atoms with Crippen molar-refractivity contribution in [3.63, 3.8) is 0 Å². The molecule has 2 heterocycles. The monoisotopic (exact) mass is 369 g/mol. The maximum atomic E-state index is 13.1. The Hall–Kier alpha value is -1.59. The minimum absolute atomic E-state index is 0.0245. The number of aliphatic hydroxyl groups is 1. The van der Waals surface area contributed by atoms with Gasteiger partial charge in [0.1, 0.15) is 0 Å². The fourth-order valence-corrected chi connectivity index (χ4v) is 6.91. The number of hydrogen-bond donors (Lipinski definition) is 2. The van der Waals surface area contributed by atoms with Crippen LogP contribution >= 0.6 is 0 Å². The first kappa shape index (κ1) is 16.4. The smallest absolute Gasteiger partial charge is 0.177 e. The van der Waals surface area contributed by atoms with Crippen LogP contribution in [0.1, 0.15) is 50.2 Å². The molecule has 1 spiro atoms. The highest BCUT2D eigenvalue weighted by atomic mass is 16.5. The summed E-state index contributed by atoms with van der Waals surface area (Å²) in [5.74, 6) is 1.14. The molecule has 27 heavy (non-hydrogen) atoms. The van der Waals surface area contributed by atoms with Crippen molar-refractivity contribution >= 4 is 5.78 Å². The van der Waals surface area contributed by atoms with Gasteiger partial charge in [0.2, 0.25) is 0 Å². The zero-order valence-electron chi connectivity index (χ0n) is 15.8. The molecule has 144 valence electrons. The summed E-state index contributed by atoms with van der Waals surface area (Å²) >= 11 is 0. The molecule has 5 atom stereocenters. The van der Waals surface area contributed by atoms with E-state index in [1.165, 1.54) is 19.3 Å². The highest BCUT2D eigenvalue weighted by molar-refractivity contribution is 5.91. The molecule has 5 aliphatic rings. The van der Waals surface area contributed by atoms with Crippen molar-refractivity contribution < 1.29 is 19.7 Å². The Morgan fingerprint density at radius 3 is 2.89 bits per heavy atom. The van der Waals surface area contributed by atoms with E-state index in [9.17, 15) is 15.0 Å². The normalized spacial score (nSPS) is 42.4. The third kappa shape index (κ3) is 1.76. The lowest BCUT2D eigenvalue weighted by atomic mass is 9.47. The number of benzene rings is 1. The van der Waals surface area contributed by atoms with Crippen LogP contribution in [0, 0.1) is 11.8 Å². The number of Topliss-reactive ketones (excluding diaryl/α,β-unsaturated/α-hetero) is 1. The third-order valence-corrected chi connectivity index (χ3v) is 8.40. The van der Waals surface area contributed by atoms with Crippen LogP contribution in [0.4, 0.5) is 0 Å². The molecule has 6 rings (SSSR count). The molecule has 2 unspecified atom stereocenters. The van der Waals surface area contributed by atoms with Gasteiger partial charge in [0, 0.05) is 24.1 Å². The molecule has 3 fully saturated rings. The molecule has 1 saturated heterocycles. The molecular formula is C22H27NO4. The van der Waals surface area contributed by atoms with Crippen LogP contribution < -0.4 is 4.74 Å². The number of likely N-dealkylation sites (tertiary alicyclic amines) is 1. The van der Waals surface area contributed by atoms with Gasteiger partial charge in [0.15, 0.2) is 23.4 Å². The maximum Gasteiger partial charge on any atom is 0.177 e. The van der Waals surface area contributed by atoms with Crippen LogP contribution in [0.2, 0.25) is 0 Å². The minimum Gasteiger partial charge on any atom is -0.504 e. The number of piperidine rings is 1. The molecule has 2 N–H and O–H groups in total. The van der Waals surface area contributed by atoms with Gasteiger partial charge < -0.3 is 14.9 Å². The van der Waals surface area contributed by atoms with Crippen LogP contribution in [0.3, 0.4) is 0 Å². The highest BCUT2D eigenvalue weighted by Crippen LogP contribution is 2.65. The topological polar surface area (TPSA) is 70.0 Å². The number of aromatic hydroxyl groups is 1. The van der Waals surface area contributed by atoms with E-state index in [0.717, 1.165) is 43.0 Å². The molecule has 2 bridgehead atoms. The van der Waals surface area contributed by atoms with Gasteiger partial charge in [0.25, 0.3) is 0 Å². The largest absolute Gasteiger partial charge is 0.504 e. The standard InChI is InChI=1S/C22H27NO4/c1-12-10-22(26)16-9-14-5-6-15(24)19-17(14)21(22,20(27-19)18(12)25)7-8-23(16)11-13-3-2-4-13/h5-6,12-13,16,20,24,26H,2-4,7-11H2,1H3/t12?,16-,20+,21+,22?/m1/s1. The zero-order chi connectivity index (χ0) is 18.6. The Morgan fingerprint density at radius 1 is 1.33 bits per heavy atom. The molecule has 5 nitrogen and oxygen atoms in total. The first-order valence-corrected chi connectivity index (χ1v) is 10.5. The first-order chi connectivity index (χ1) is 13.0. The lowest BCUT2D eigenvalue weighted by molar-refractivity contribution is -0.198. The summed E-state index contributed by atoms with van der Waals surface area (Å²) in [4.78, 5) is 15.6. The predicted octanol–water partition coefficient (Wildman–Crippen LogP) is 2.16. The molecule has 2 saturated carbocycles. The molecule has 3 aliphatic carbocycles. The fourth-order valence-electron chi connectivity index (χ4n) is 6.91. The molecule has 0 radical (unpaired) electrons. The average Bonchev–Trinajstić information content (AvgIpc) is 2.94. The summed E-state index contributed by atoms with van der Waals surface area (Å²) in [6.45, 7) is 3.86. The summed E-state index contributed by atoms with van der Waals surface area (Å²) in [6, 6.07) is 3.69. The van der Waals surface area contributed by atoms with Crippen molar-refractivity contribution in [1.82, 2.24) is 4.90 Å². The Kier molecular flexibility index (Phi) is 3.07. The summed E-state index contributed by atoms with van der Waals surface area (Å²) < 4.78 is 6.13. The van der Waals surface area contributed by atoms with Gasteiger partial charge in [-0.2, -0.15) is 0 Å². The third-order valence-electron chi connectivity index (χ3n) is 8.40. The van der Waals surface area contributed by atoms with E-state index >= 15 is 0 Å². The van der Waals surface area contributed by atoms with Crippen molar-refractivity contribution in [2.75, 3.05) is 13.1 Å². The summed E-state index contributed by atoms with van der Waals surface area (Å²) in [6.07, 6.45) is 5.23. The quantitative estimate of drug-likeness (QED) is 0.836. The van der Waals surface area contributed by atoms with E-state index in [0.29, 0.717) is 12.2 Å². The molecule has 1 aromatic carbocycles. The number of carbonyl (C=O) groups excluding carboxylic acids is 1. The van der Waals surface area contributed by atoms with Gasteiger partial charge >= 0.3 is 0 Å². The highest BCUT2D eigenvalue weighted by Gasteiger charge is 2.74. The Bertz CT molecular complexity index is 849. The van der Waals surface area contributed by atoms with E-state index in [2.05, 4.69) is 4.90 Å². The van der Waals surface area contributed by atoms with E-state index in [1.807, 2.05) is 13.0 Å².